The van der Waals surface area contributed by atoms with Crippen LogP contribution in [-0.4, -0.2) is 55.4 Å². The number of hydrogen-bond donors (Lipinski definition) is 1. The Hall–Kier alpha value is -1.11. The van der Waals surface area contributed by atoms with Crippen molar-refractivity contribution in [2.45, 2.75) is 12.2 Å². The molecule has 0 spiro atoms. The van der Waals surface area contributed by atoms with Crippen molar-refractivity contribution in [3.05, 3.63) is 28.2 Å². The number of amides is 1. The number of phenols is 1. The first-order valence-electron chi connectivity index (χ1n) is 5.90. The van der Waals surface area contributed by atoms with Crippen LogP contribution in [0.4, 0.5) is 0 Å². The number of carbonyl (C=O) groups is 1. The molecule has 1 aromatic carbocycles. The van der Waals surface area contributed by atoms with E-state index >= 15 is 0 Å². The number of nitrogens with zero attached hydrogens (tertiary/aromatic N) is 1. The van der Waals surface area contributed by atoms with Crippen molar-refractivity contribution in [1.29, 1.82) is 0 Å². The van der Waals surface area contributed by atoms with E-state index in [9.17, 15) is 9.90 Å². The number of rotatable bonds is 3. The summed E-state index contributed by atoms with van der Waals surface area (Å²) in [5.74, 6) is -0.0824. The van der Waals surface area contributed by atoms with E-state index < -0.39 is 0 Å². The lowest BCUT2D eigenvalue weighted by Gasteiger charge is -2.16. The Morgan fingerprint density at radius 3 is 2.37 bits per heavy atom. The zero-order valence-electron chi connectivity index (χ0n) is 10.8. The van der Waals surface area contributed by atoms with Crippen LogP contribution < -0.4 is 0 Å². The lowest BCUT2D eigenvalue weighted by atomic mass is 10.2. The fraction of sp³-hybridized carbons (Fsp3) is 0.462. The maximum absolute atomic E-state index is 12.3. The van der Waals surface area contributed by atoms with Crippen molar-refractivity contribution in [2.75, 3.05) is 27.3 Å². The first-order chi connectivity index (χ1) is 9.06. The van der Waals surface area contributed by atoms with Gasteiger partial charge in [0, 0.05) is 32.9 Å². The highest BCUT2D eigenvalue weighted by Gasteiger charge is 2.35. The Morgan fingerprint density at radius 2 is 1.89 bits per heavy atom. The fourth-order valence-electron chi connectivity index (χ4n) is 2.19. The number of hydrogen-bond acceptors (Lipinski definition) is 4. The van der Waals surface area contributed by atoms with Crippen molar-refractivity contribution < 1.29 is 19.4 Å². The molecular formula is C13H16BrNO4. The van der Waals surface area contributed by atoms with Gasteiger partial charge >= 0.3 is 0 Å². The largest absolute Gasteiger partial charge is 0.507 e. The smallest absolute Gasteiger partial charge is 0.254 e. The number of ether oxygens (including phenoxy) is 2. The minimum atomic E-state index is -0.135. The number of halogens is 1. The van der Waals surface area contributed by atoms with Gasteiger partial charge in [0.1, 0.15) is 18.0 Å². The molecule has 0 aliphatic carbocycles. The van der Waals surface area contributed by atoms with E-state index in [1.807, 2.05) is 0 Å². The molecule has 2 rings (SSSR count). The molecule has 1 amide bonds. The predicted molar refractivity (Wildman–Crippen MR) is 73.3 cm³/mol. The Labute approximate surface area is 120 Å². The monoisotopic (exact) mass is 329 g/mol. The molecule has 1 aliphatic rings. The molecular weight excluding hydrogens is 314 g/mol. The maximum Gasteiger partial charge on any atom is 0.254 e. The second kappa shape index (κ2) is 5.90. The fourth-order valence-corrected chi connectivity index (χ4v) is 2.44. The van der Waals surface area contributed by atoms with E-state index in [4.69, 9.17) is 9.47 Å². The van der Waals surface area contributed by atoms with E-state index in [-0.39, 0.29) is 23.9 Å². The number of carbonyl (C=O) groups excluding carboxylic acids is 1. The summed E-state index contributed by atoms with van der Waals surface area (Å²) in [4.78, 5) is 14.0. The van der Waals surface area contributed by atoms with Gasteiger partial charge < -0.3 is 19.5 Å². The second-order valence-corrected chi connectivity index (χ2v) is 5.28. The van der Waals surface area contributed by atoms with Gasteiger partial charge in [0.05, 0.1) is 4.47 Å². The minimum absolute atomic E-state index is 0.0524. The SMILES string of the molecule is COC1CN(C(=O)c2ccc(Br)c(O)c2)CC1OC. The number of aromatic hydroxyl groups is 1. The number of phenolic OH excluding ortho intramolecular Hbond substituents is 1. The zero-order chi connectivity index (χ0) is 14.0. The Balaban J connectivity index is 2.14. The van der Waals surface area contributed by atoms with E-state index in [1.54, 1.807) is 31.3 Å². The summed E-state index contributed by atoms with van der Waals surface area (Å²) in [5, 5.41) is 9.62. The molecule has 1 aromatic rings. The molecule has 1 saturated heterocycles. The minimum Gasteiger partial charge on any atom is -0.507 e. The van der Waals surface area contributed by atoms with Gasteiger partial charge in [-0.2, -0.15) is 0 Å². The Bertz CT molecular complexity index is 468. The van der Waals surface area contributed by atoms with Gasteiger partial charge in [-0.15, -0.1) is 0 Å². The molecule has 0 bridgehead atoms. The standard InChI is InChI=1S/C13H16BrNO4/c1-18-11-6-15(7-12(11)19-2)13(17)8-3-4-9(14)10(16)5-8/h3-5,11-12,16H,6-7H2,1-2H3. The first kappa shape index (κ1) is 14.3. The van der Waals surface area contributed by atoms with E-state index in [1.165, 1.54) is 6.07 Å². The summed E-state index contributed by atoms with van der Waals surface area (Å²) < 4.78 is 11.2. The van der Waals surface area contributed by atoms with Crippen LogP contribution in [0.1, 0.15) is 10.4 Å². The molecule has 2 unspecified atom stereocenters. The molecule has 6 heteroatoms. The number of methoxy groups -OCH3 is 2. The summed E-state index contributed by atoms with van der Waals surface area (Å²) >= 11 is 3.19. The third-order valence-corrected chi connectivity index (χ3v) is 3.97. The molecule has 0 radical (unpaired) electrons. The van der Waals surface area contributed by atoms with Crippen molar-refractivity contribution >= 4 is 21.8 Å². The Kier molecular flexibility index (Phi) is 4.44. The van der Waals surface area contributed by atoms with Gasteiger partial charge in [-0.25, -0.2) is 0 Å². The van der Waals surface area contributed by atoms with Crippen molar-refractivity contribution in [3.63, 3.8) is 0 Å². The highest BCUT2D eigenvalue weighted by atomic mass is 79.9. The van der Waals surface area contributed by atoms with E-state index in [0.29, 0.717) is 23.1 Å². The molecule has 1 heterocycles. The van der Waals surface area contributed by atoms with Gasteiger partial charge in [0.25, 0.3) is 5.91 Å². The summed E-state index contributed by atoms with van der Waals surface area (Å²) in [5.41, 5.74) is 0.451. The van der Waals surface area contributed by atoms with Crippen molar-refractivity contribution in [3.8, 4) is 5.75 Å². The maximum atomic E-state index is 12.3. The third-order valence-electron chi connectivity index (χ3n) is 3.30. The molecule has 104 valence electrons. The zero-order valence-corrected chi connectivity index (χ0v) is 12.4. The highest BCUT2D eigenvalue weighted by Crippen LogP contribution is 2.26. The van der Waals surface area contributed by atoms with Gasteiger partial charge in [0.15, 0.2) is 0 Å². The molecule has 2 atom stereocenters. The number of likely N-dealkylation sites (tertiary alicyclic amines) is 1. The summed E-state index contributed by atoms with van der Waals surface area (Å²) in [6.45, 7) is 0.981. The summed E-state index contributed by atoms with van der Waals surface area (Å²) in [7, 11) is 3.21. The topological polar surface area (TPSA) is 59.0 Å². The molecule has 1 N–H and O–H groups in total. The summed E-state index contributed by atoms with van der Waals surface area (Å²) in [6.07, 6.45) is -0.226. The Morgan fingerprint density at radius 1 is 1.32 bits per heavy atom. The van der Waals surface area contributed by atoms with Gasteiger partial charge in [-0.05, 0) is 34.1 Å². The molecule has 0 aromatic heterocycles. The molecule has 1 aliphatic heterocycles. The van der Waals surface area contributed by atoms with E-state index in [0.717, 1.165) is 0 Å². The quantitative estimate of drug-likeness (QED) is 0.915. The number of benzene rings is 1. The van der Waals surface area contributed by atoms with Crippen LogP contribution in [-0.2, 0) is 9.47 Å². The van der Waals surface area contributed by atoms with Gasteiger partial charge in [-0.1, -0.05) is 0 Å². The van der Waals surface area contributed by atoms with Gasteiger partial charge in [0.2, 0.25) is 0 Å². The normalized spacial score (nSPS) is 22.8. The summed E-state index contributed by atoms with van der Waals surface area (Å²) in [6, 6.07) is 4.78. The predicted octanol–water partition coefficient (Wildman–Crippen LogP) is 1.64. The van der Waals surface area contributed by atoms with Gasteiger partial charge in [-0.3, -0.25) is 4.79 Å². The molecule has 0 saturated carbocycles. The van der Waals surface area contributed by atoms with Crippen LogP contribution in [0.25, 0.3) is 0 Å². The van der Waals surface area contributed by atoms with Crippen LogP contribution in [0.15, 0.2) is 22.7 Å². The molecule has 5 nitrogen and oxygen atoms in total. The second-order valence-electron chi connectivity index (χ2n) is 4.42. The van der Waals surface area contributed by atoms with Crippen LogP contribution in [0, 0.1) is 0 Å². The first-order valence-corrected chi connectivity index (χ1v) is 6.69. The van der Waals surface area contributed by atoms with Crippen molar-refractivity contribution in [2.24, 2.45) is 0 Å². The van der Waals surface area contributed by atoms with Crippen LogP contribution in [0.3, 0.4) is 0 Å². The molecule has 19 heavy (non-hydrogen) atoms. The average Bonchev–Trinajstić information content (AvgIpc) is 2.84. The van der Waals surface area contributed by atoms with Crippen LogP contribution in [0.2, 0.25) is 0 Å². The lowest BCUT2D eigenvalue weighted by Crippen LogP contribution is -2.30. The van der Waals surface area contributed by atoms with Crippen LogP contribution >= 0.6 is 15.9 Å². The average molecular weight is 330 g/mol. The van der Waals surface area contributed by atoms with Crippen molar-refractivity contribution in [1.82, 2.24) is 4.90 Å². The van der Waals surface area contributed by atoms with E-state index in [2.05, 4.69) is 15.9 Å². The third kappa shape index (κ3) is 2.91. The molecule has 1 fully saturated rings. The lowest BCUT2D eigenvalue weighted by molar-refractivity contribution is -0.00461. The highest BCUT2D eigenvalue weighted by molar-refractivity contribution is 9.10. The van der Waals surface area contributed by atoms with Crippen LogP contribution in [0.5, 0.6) is 5.75 Å².